The third-order valence-electron chi connectivity index (χ3n) is 6.09. The van der Waals surface area contributed by atoms with Crippen LogP contribution >= 0.6 is 11.8 Å². The number of aromatic nitrogens is 5. The molecule has 0 bridgehead atoms. The van der Waals surface area contributed by atoms with Gasteiger partial charge in [-0.3, -0.25) is 9.36 Å². The highest BCUT2D eigenvalue weighted by atomic mass is 32.2. The van der Waals surface area contributed by atoms with Gasteiger partial charge in [-0.2, -0.15) is 0 Å². The van der Waals surface area contributed by atoms with Crippen LogP contribution in [0.1, 0.15) is 32.4 Å². The summed E-state index contributed by atoms with van der Waals surface area (Å²) in [4.78, 5) is 32.1. The molecule has 0 aliphatic carbocycles. The van der Waals surface area contributed by atoms with Crippen molar-refractivity contribution in [3.05, 3.63) is 52.8 Å². The van der Waals surface area contributed by atoms with Crippen LogP contribution in [0.5, 0.6) is 0 Å². The van der Waals surface area contributed by atoms with Crippen molar-refractivity contribution in [3.8, 4) is 0 Å². The van der Waals surface area contributed by atoms with Crippen LogP contribution < -0.4 is 15.9 Å². The quantitative estimate of drug-likeness (QED) is 0.345. The van der Waals surface area contributed by atoms with Crippen LogP contribution in [-0.2, 0) is 11.3 Å². The second kappa shape index (κ2) is 9.41. The number of rotatable bonds is 7. The maximum absolute atomic E-state index is 12.9. The Kier molecular flexibility index (Phi) is 6.18. The van der Waals surface area contributed by atoms with E-state index in [1.54, 1.807) is 24.5 Å². The van der Waals surface area contributed by atoms with Gasteiger partial charge in [0, 0.05) is 18.8 Å². The van der Waals surface area contributed by atoms with Gasteiger partial charge in [0.05, 0.1) is 29.1 Å². The summed E-state index contributed by atoms with van der Waals surface area (Å²) in [7, 11) is 0. The molecule has 11 heteroatoms. The molecular weight excluding hydrogens is 454 g/mol. The van der Waals surface area contributed by atoms with Gasteiger partial charge >= 0.3 is 5.69 Å². The fraction of sp³-hybridized carbons (Fsp3) is 0.391. The minimum absolute atomic E-state index is 0.164. The van der Waals surface area contributed by atoms with Crippen molar-refractivity contribution in [3.63, 3.8) is 0 Å². The number of fused-ring (bicyclic) bond motifs is 1. The van der Waals surface area contributed by atoms with Crippen LogP contribution in [0.3, 0.4) is 0 Å². The number of anilines is 2. The molecule has 0 spiro atoms. The lowest BCUT2D eigenvalue weighted by molar-refractivity contribution is -0.115. The van der Waals surface area contributed by atoms with Gasteiger partial charge < -0.3 is 24.6 Å². The maximum Gasteiger partial charge on any atom is 0.323 e. The Hall–Kier alpha value is -3.47. The number of carbonyl (C=O) groups is 1. The molecule has 1 aliphatic heterocycles. The van der Waals surface area contributed by atoms with Crippen LogP contribution in [0.25, 0.3) is 11.0 Å². The number of piperidine rings is 1. The predicted octanol–water partition coefficient (Wildman–Crippen LogP) is 3.44. The van der Waals surface area contributed by atoms with E-state index in [1.807, 2.05) is 23.6 Å². The maximum atomic E-state index is 12.9. The number of aromatic amines is 2. The van der Waals surface area contributed by atoms with Crippen molar-refractivity contribution >= 4 is 40.3 Å². The van der Waals surface area contributed by atoms with Crippen LogP contribution in [0.2, 0.25) is 0 Å². The standard InChI is InChI=1S/C23H27N7O3S/c1-14-7-9-29(10-8-14)22-27-28-23(30(22)13-17-4-3-11-33-17)34-15(2)20(31)24-16-5-6-18-19(12-16)26-21(32)25-18/h3-6,11-12,14-15H,7-10,13H2,1-2H3,(H,24,31)(H2,25,26,32). The van der Waals surface area contributed by atoms with E-state index >= 15 is 0 Å². The van der Waals surface area contributed by atoms with E-state index in [0.29, 0.717) is 34.3 Å². The highest BCUT2D eigenvalue weighted by molar-refractivity contribution is 8.00. The van der Waals surface area contributed by atoms with Crippen LogP contribution in [0, 0.1) is 5.92 Å². The van der Waals surface area contributed by atoms with E-state index < -0.39 is 5.25 Å². The minimum atomic E-state index is -0.422. The number of hydrogen-bond donors (Lipinski definition) is 3. The van der Waals surface area contributed by atoms with Crippen molar-refractivity contribution in [2.24, 2.45) is 5.92 Å². The Bertz CT molecular complexity index is 1330. The lowest BCUT2D eigenvalue weighted by Crippen LogP contribution is -2.35. The number of furan rings is 1. The van der Waals surface area contributed by atoms with Crippen molar-refractivity contribution < 1.29 is 9.21 Å². The van der Waals surface area contributed by atoms with E-state index in [4.69, 9.17) is 4.42 Å². The number of nitrogens with zero attached hydrogens (tertiary/aromatic N) is 4. The Morgan fingerprint density at radius 1 is 1.24 bits per heavy atom. The monoisotopic (exact) mass is 481 g/mol. The normalized spacial score (nSPS) is 15.6. The molecule has 5 rings (SSSR count). The molecule has 1 unspecified atom stereocenters. The summed E-state index contributed by atoms with van der Waals surface area (Å²) in [6, 6.07) is 9.04. The first-order chi connectivity index (χ1) is 16.5. The first-order valence-electron chi connectivity index (χ1n) is 11.4. The van der Waals surface area contributed by atoms with Crippen molar-refractivity contribution in [2.45, 2.75) is 43.6 Å². The fourth-order valence-electron chi connectivity index (χ4n) is 4.07. The number of hydrogen-bond acceptors (Lipinski definition) is 7. The van der Waals surface area contributed by atoms with Gasteiger partial charge in [0.2, 0.25) is 11.9 Å². The smallest absolute Gasteiger partial charge is 0.323 e. The molecule has 3 N–H and O–H groups in total. The largest absolute Gasteiger partial charge is 0.467 e. The molecule has 4 heterocycles. The van der Waals surface area contributed by atoms with Crippen LogP contribution in [0.15, 0.2) is 51.0 Å². The van der Waals surface area contributed by atoms with Gasteiger partial charge in [-0.25, -0.2) is 4.79 Å². The summed E-state index contributed by atoms with van der Waals surface area (Å²) < 4.78 is 7.61. The zero-order valence-corrected chi connectivity index (χ0v) is 19.9. The first-order valence-corrected chi connectivity index (χ1v) is 12.2. The molecule has 0 saturated carbocycles. The van der Waals surface area contributed by atoms with E-state index in [-0.39, 0.29) is 11.6 Å². The van der Waals surface area contributed by atoms with Gasteiger partial charge in [-0.15, -0.1) is 10.2 Å². The van der Waals surface area contributed by atoms with E-state index in [9.17, 15) is 9.59 Å². The van der Waals surface area contributed by atoms with Gasteiger partial charge in [-0.1, -0.05) is 18.7 Å². The van der Waals surface area contributed by atoms with Crippen molar-refractivity contribution in [1.82, 2.24) is 24.7 Å². The fourth-order valence-corrected chi connectivity index (χ4v) is 4.92. The summed E-state index contributed by atoms with van der Waals surface area (Å²) in [6.45, 7) is 6.47. The molecule has 3 aromatic heterocycles. The second-order valence-electron chi connectivity index (χ2n) is 8.71. The summed E-state index contributed by atoms with van der Waals surface area (Å²) in [5.41, 5.74) is 1.66. The topological polar surface area (TPSA) is 125 Å². The molecule has 1 aliphatic rings. The molecule has 10 nitrogen and oxygen atoms in total. The van der Waals surface area contributed by atoms with Crippen molar-refractivity contribution in [2.75, 3.05) is 23.3 Å². The Morgan fingerprint density at radius 3 is 2.79 bits per heavy atom. The molecule has 1 atom stereocenters. The molecule has 0 radical (unpaired) electrons. The molecule has 1 aromatic carbocycles. The Labute approximate surface area is 200 Å². The third kappa shape index (κ3) is 4.74. The number of amides is 1. The zero-order valence-electron chi connectivity index (χ0n) is 19.1. The van der Waals surface area contributed by atoms with Crippen molar-refractivity contribution in [1.29, 1.82) is 0 Å². The lowest BCUT2D eigenvalue weighted by atomic mass is 10.00. The SMILES string of the molecule is CC1CCN(c2nnc(SC(C)C(=O)Nc3ccc4[nH]c(=O)[nH]c4c3)n2Cc2ccco2)CC1. The average Bonchev–Trinajstić information content (AvgIpc) is 3.55. The Morgan fingerprint density at radius 2 is 2.03 bits per heavy atom. The molecular formula is C23H27N7O3S. The highest BCUT2D eigenvalue weighted by Gasteiger charge is 2.25. The lowest BCUT2D eigenvalue weighted by Gasteiger charge is -2.31. The summed E-state index contributed by atoms with van der Waals surface area (Å²) >= 11 is 1.36. The molecule has 178 valence electrons. The molecule has 34 heavy (non-hydrogen) atoms. The summed E-state index contributed by atoms with van der Waals surface area (Å²) in [6.07, 6.45) is 3.89. The Balaban J connectivity index is 1.33. The molecule has 1 amide bonds. The van der Waals surface area contributed by atoms with Gasteiger partial charge in [0.15, 0.2) is 5.16 Å². The number of imidazole rings is 1. The van der Waals surface area contributed by atoms with Crippen LogP contribution in [-0.4, -0.2) is 49.0 Å². The molecule has 1 saturated heterocycles. The van der Waals surface area contributed by atoms with Crippen LogP contribution in [0.4, 0.5) is 11.6 Å². The summed E-state index contributed by atoms with van der Waals surface area (Å²) in [5.74, 6) is 2.15. The molecule has 4 aromatic rings. The highest BCUT2D eigenvalue weighted by Crippen LogP contribution is 2.29. The number of carbonyl (C=O) groups excluding carboxylic acids is 1. The van der Waals surface area contributed by atoms with Gasteiger partial charge in [0.25, 0.3) is 0 Å². The third-order valence-corrected chi connectivity index (χ3v) is 7.17. The second-order valence-corrected chi connectivity index (χ2v) is 10.0. The van der Waals surface area contributed by atoms with E-state index in [2.05, 4.69) is 37.3 Å². The zero-order chi connectivity index (χ0) is 23.7. The number of H-pyrrole nitrogens is 2. The summed E-state index contributed by atoms with van der Waals surface area (Å²) in [5, 5.41) is 12.1. The minimum Gasteiger partial charge on any atom is -0.467 e. The first kappa shape index (κ1) is 22.3. The van der Waals surface area contributed by atoms with Gasteiger partial charge in [-0.05, 0) is 56.0 Å². The van der Waals surface area contributed by atoms with E-state index in [0.717, 1.165) is 37.6 Å². The average molecular weight is 482 g/mol. The van der Waals surface area contributed by atoms with E-state index in [1.165, 1.54) is 11.8 Å². The number of nitrogens with one attached hydrogen (secondary N) is 3. The number of benzene rings is 1. The number of thioether (sulfide) groups is 1. The predicted molar refractivity (Wildman–Crippen MR) is 131 cm³/mol. The molecule has 1 fully saturated rings. The van der Waals surface area contributed by atoms with Gasteiger partial charge in [0.1, 0.15) is 5.76 Å².